The minimum Gasteiger partial charge on any atom is -0.388 e. The van der Waals surface area contributed by atoms with E-state index >= 15 is 0 Å². The van der Waals surface area contributed by atoms with Gasteiger partial charge in [0.15, 0.2) is 0 Å². The molecule has 1 aromatic rings. The topological polar surface area (TPSA) is 23.5 Å². The fraction of sp³-hybridized carbons (Fsp3) is 0.600. The smallest absolute Gasteiger partial charge is 0.0821 e. The Kier molecular flexibility index (Phi) is 2.62. The van der Waals surface area contributed by atoms with Crippen LogP contribution in [0.1, 0.15) is 36.8 Å². The van der Waals surface area contributed by atoms with Gasteiger partial charge in [0.1, 0.15) is 0 Å². The molecule has 1 aliphatic carbocycles. The largest absolute Gasteiger partial charge is 0.388 e. The summed E-state index contributed by atoms with van der Waals surface area (Å²) in [5.41, 5.74) is 3.74. The van der Waals surface area contributed by atoms with Crippen LogP contribution in [-0.2, 0) is 6.42 Å². The molecule has 1 N–H and O–H groups in total. The molecule has 1 saturated carbocycles. The van der Waals surface area contributed by atoms with E-state index in [9.17, 15) is 5.11 Å². The van der Waals surface area contributed by atoms with E-state index < -0.39 is 5.60 Å². The predicted octanol–water partition coefficient (Wildman–Crippen LogP) is 2.66. The predicted molar refractivity (Wildman–Crippen MR) is 70.5 cm³/mol. The SMILES string of the molecule is Cc1ccc2c(c1)CCCN2CC1(O)CCC1. The fourth-order valence-electron chi connectivity index (χ4n) is 3.07. The van der Waals surface area contributed by atoms with Gasteiger partial charge in [-0.05, 0) is 50.7 Å². The molecule has 2 nitrogen and oxygen atoms in total. The summed E-state index contributed by atoms with van der Waals surface area (Å²) in [7, 11) is 0. The average Bonchev–Trinajstić information content (AvgIpc) is 2.27. The van der Waals surface area contributed by atoms with Crippen molar-refractivity contribution in [3.05, 3.63) is 29.3 Å². The van der Waals surface area contributed by atoms with E-state index in [1.165, 1.54) is 36.1 Å². The number of β-amino-alcohol motifs (C(OH)–C–C–N with tert-alkyl or cyclic N) is 1. The van der Waals surface area contributed by atoms with Crippen LogP contribution in [0.15, 0.2) is 18.2 Å². The van der Waals surface area contributed by atoms with E-state index in [-0.39, 0.29) is 0 Å². The Morgan fingerprint density at radius 3 is 2.82 bits per heavy atom. The summed E-state index contributed by atoms with van der Waals surface area (Å²) in [5, 5.41) is 10.3. The standard InChI is InChI=1S/C15H21NO/c1-12-5-6-14-13(10-12)4-2-9-16(14)11-15(17)7-3-8-15/h5-6,10,17H,2-4,7-9,11H2,1H3. The monoisotopic (exact) mass is 231 g/mol. The van der Waals surface area contributed by atoms with Crippen LogP contribution in [-0.4, -0.2) is 23.8 Å². The van der Waals surface area contributed by atoms with Crippen LogP contribution < -0.4 is 4.90 Å². The van der Waals surface area contributed by atoms with Crippen LogP contribution in [0, 0.1) is 6.92 Å². The molecular weight excluding hydrogens is 210 g/mol. The Morgan fingerprint density at radius 1 is 1.29 bits per heavy atom. The molecule has 2 aliphatic rings. The third-order valence-corrected chi connectivity index (χ3v) is 4.22. The maximum Gasteiger partial charge on any atom is 0.0821 e. The zero-order chi connectivity index (χ0) is 11.9. The number of hydrogen-bond acceptors (Lipinski definition) is 2. The third-order valence-electron chi connectivity index (χ3n) is 4.22. The zero-order valence-electron chi connectivity index (χ0n) is 10.6. The summed E-state index contributed by atoms with van der Waals surface area (Å²) in [6.07, 6.45) is 5.54. The number of hydrogen-bond donors (Lipinski definition) is 1. The Morgan fingerprint density at radius 2 is 2.12 bits per heavy atom. The first-order valence-electron chi connectivity index (χ1n) is 6.73. The van der Waals surface area contributed by atoms with Crippen LogP contribution >= 0.6 is 0 Å². The van der Waals surface area contributed by atoms with Crippen molar-refractivity contribution in [2.24, 2.45) is 0 Å². The van der Waals surface area contributed by atoms with Crippen molar-refractivity contribution in [2.75, 3.05) is 18.0 Å². The van der Waals surface area contributed by atoms with Gasteiger partial charge in [0, 0.05) is 18.8 Å². The van der Waals surface area contributed by atoms with Gasteiger partial charge in [-0.3, -0.25) is 0 Å². The van der Waals surface area contributed by atoms with Crippen molar-refractivity contribution >= 4 is 5.69 Å². The molecule has 1 heterocycles. The van der Waals surface area contributed by atoms with E-state index in [1.807, 2.05) is 0 Å². The highest BCUT2D eigenvalue weighted by molar-refractivity contribution is 5.57. The third kappa shape index (κ3) is 2.06. The van der Waals surface area contributed by atoms with Crippen LogP contribution in [0.2, 0.25) is 0 Å². The summed E-state index contributed by atoms with van der Waals surface area (Å²) in [5.74, 6) is 0. The second-order valence-corrected chi connectivity index (χ2v) is 5.74. The normalized spacial score (nSPS) is 21.9. The molecule has 1 aromatic carbocycles. The van der Waals surface area contributed by atoms with Crippen molar-refractivity contribution in [3.8, 4) is 0 Å². The number of benzene rings is 1. The minimum atomic E-state index is -0.403. The molecule has 0 spiro atoms. The molecule has 2 heteroatoms. The van der Waals surface area contributed by atoms with Gasteiger partial charge in [0.2, 0.25) is 0 Å². The maximum atomic E-state index is 10.3. The molecule has 0 atom stereocenters. The van der Waals surface area contributed by atoms with Crippen LogP contribution in [0.3, 0.4) is 0 Å². The van der Waals surface area contributed by atoms with Gasteiger partial charge < -0.3 is 10.0 Å². The van der Waals surface area contributed by atoms with E-state index in [2.05, 4.69) is 30.0 Å². The molecule has 0 aromatic heterocycles. The number of aryl methyl sites for hydroxylation is 2. The lowest BCUT2D eigenvalue weighted by Gasteiger charge is -2.43. The van der Waals surface area contributed by atoms with E-state index in [4.69, 9.17) is 0 Å². The first kappa shape index (κ1) is 11.1. The summed E-state index contributed by atoms with van der Waals surface area (Å²) in [6, 6.07) is 6.71. The summed E-state index contributed by atoms with van der Waals surface area (Å²) in [6.45, 7) is 4.07. The van der Waals surface area contributed by atoms with Crippen LogP contribution in [0.5, 0.6) is 0 Å². The van der Waals surface area contributed by atoms with E-state index in [1.54, 1.807) is 0 Å². The lowest BCUT2D eigenvalue weighted by Crippen LogP contribution is -2.49. The Bertz CT molecular complexity index is 423. The molecular formula is C15H21NO. The van der Waals surface area contributed by atoms with Gasteiger partial charge in [-0.15, -0.1) is 0 Å². The molecule has 0 amide bonds. The molecule has 0 radical (unpaired) electrons. The lowest BCUT2D eigenvalue weighted by molar-refractivity contribution is -0.0257. The van der Waals surface area contributed by atoms with Gasteiger partial charge in [0.05, 0.1) is 5.60 Å². The van der Waals surface area contributed by atoms with Gasteiger partial charge in [-0.25, -0.2) is 0 Å². The number of nitrogens with zero attached hydrogens (tertiary/aromatic N) is 1. The highest BCUT2D eigenvalue weighted by atomic mass is 16.3. The van der Waals surface area contributed by atoms with Crippen molar-refractivity contribution < 1.29 is 5.11 Å². The lowest BCUT2D eigenvalue weighted by atomic mass is 9.79. The summed E-state index contributed by atoms with van der Waals surface area (Å²) in [4.78, 5) is 2.39. The second-order valence-electron chi connectivity index (χ2n) is 5.74. The number of anilines is 1. The van der Waals surface area contributed by atoms with Gasteiger partial charge in [-0.1, -0.05) is 17.7 Å². The molecule has 1 fully saturated rings. The first-order valence-corrected chi connectivity index (χ1v) is 6.73. The molecule has 1 aliphatic heterocycles. The molecule has 0 saturated heterocycles. The fourth-order valence-corrected chi connectivity index (χ4v) is 3.07. The Balaban J connectivity index is 1.84. The summed E-state index contributed by atoms with van der Waals surface area (Å²) >= 11 is 0. The molecule has 0 bridgehead atoms. The Hall–Kier alpha value is -1.02. The molecule has 3 rings (SSSR count). The first-order chi connectivity index (χ1) is 8.16. The summed E-state index contributed by atoms with van der Waals surface area (Å²) < 4.78 is 0. The van der Waals surface area contributed by atoms with E-state index in [0.29, 0.717) is 0 Å². The quantitative estimate of drug-likeness (QED) is 0.846. The second kappa shape index (κ2) is 4.02. The molecule has 92 valence electrons. The minimum absolute atomic E-state index is 0.403. The average molecular weight is 231 g/mol. The van der Waals surface area contributed by atoms with Gasteiger partial charge >= 0.3 is 0 Å². The highest BCUT2D eigenvalue weighted by Crippen LogP contribution is 2.36. The number of rotatable bonds is 2. The van der Waals surface area contributed by atoms with Crippen LogP contribution in [0.4, 0.5) is 5.69 Å². The van der Waals surface area contributed by atoms with Gasteiger partial charge in [-0.2, -0.15) is 0 Å². The van der Waals surface area contributed by atoms with Crippen molar-refractivity contribution in [3.63, 3.8) is 0 Å². The van der Waals surface area contributed by atoms with Crippen molar-refractivity contribution in [1.29, 1.82) is 0 Å². The maximum absolute atomic E-state index is 10.3. The number of fused-ring (bicyclic) bond motifs is 1. The van der Waals surface area contributed by atoms with Crippen LogP contribution in [0.25, 0.3) is 0 Å². The van der Waals surface area contributed by atoms with Crippen molar-refractivity contribution in [1.82, 2.24) is 0 Å². The molecule has 0 unspecified atom stereocenters. The van der Waals surface area contributed by atoms with Crippen molar-refractivity contribution in [2.45, 2.75) is 44.6 Å². The zero-order valence-corrected chi connectivity index (χ0v) is 10.6. The number of aliphatic hydroxyl groups is 1. The Labute approximate surface area is 103 Å². The highest BCUT2D eigenvalue weighted by Gasteiger charge is 2.36. The molecule has 17 heavy (non-hydrogen) atoms. The van der Waals surface area contributed by atoms with Gasteiger partial charge in [0.25, 0.3) is 0 Å². The van der Waals surface area contributed by atoms with E-state index in [0.717, 1.165) is 25.9 Å².